The number of amides is 1. The molecule has 4 rings (SSSR count). The van der Waals surface area contributed by atoms with Gasteiger partial charge in [0, 0.05) is 18.4 Å². The number of terminal acetylenes is 1. The first-order valence-electron chi connectivity index (χ1n) is 9.40. The molecule has 1 aliphatic rings. The molecule has 2 heterocycles. The highest BCUT2D eigenvalue weighted by Crippen LogP contribution is 2.39. The summed E-state index contributed by atoms with van der Waals surface area (Å²) in [4.78, 5) is 17.1. The number of aromatic nitrogens is 2. The lowest BCUT2D eigenvalue weighted by molar-refractivity contribution is -0.116. The van der Waals surface area contributed by atoms with Crippen molar-refractivity contribution >= 4 is 11.7 Å². The van der Waals surface area contributed by atoms with Gasteiger partial charge in [-0.3, -0.25) is 9.36 Å². The van der Waals surface area contributed by atoms with Crippen LogP contribution < -0.4 is 19.5 Å². The average Bonchev–Trinajstić information content (AvgIpc) is 3.20. The average molecular weight is 403 g/mol. The lowest BCUT2D eigenvalue weighted by Crippen LogP contribution is -2.25. The number of anilines is 1. The molecule has 0 spiro atoms. The monoisotopic (exact) mass is 403 g/mol. The second-order valence-electron chi connectivity index (χ2n) is 6.75. The van der Waals surface area contributed by atoms with Gasteiger partial charge in [-0.25, -0.2) is 4.98 Å². The predicted molar refractivity (Wildman–Crippen MR) is 113 cm³/mol. The fraction of sp³-hybridized carbons (Fsp3) is 0.217. The van der Waals surface area contributed by atoms with Crippen LogP contribution in [0.1, 0.15) is 23.6 Å². The Balaban J connectivity index is 1.74. The molecule has 0 bridgehead atoms. The topological polar surface area (TPSA) is 74.6 Å². The molecule has 0 saturated carbocycles. The first kappa shape index (κ1) is 19.4. The van der Waals surface area contributed by atoms with E-state index >= 15 is 0 Å². The molecule has 30 heavy (non-hydrogen) atoms. The maximum Gasteiger partial charge on any atom is 0.226 e. The first-order chi connectivity index (χ1) is 14.6. The quantitative estimate of drug-likeness (QED) is 0.639. The maximum atomic E-state index is 12.5. The molecular formula is C23H21N3O4. The molecule has 0 aliphatic carbocycles. The molecule has 0 saturated heterocycles. The smallest absolute Gasteiger partial charge is 0.226 e. The summed E-state index contributed by atoms with van der Waals surface area (Å²) in [5.74, 6) is 4.81. The molecule has 7 nitrogen and oxygen atoms in total. The summed E-state index contributed by atoms with van der Waals surface area (Å²) in [7, 11) is 3.20. The van der Waals surface area contributed by atoms with Crippen LogP contribution >= 0.6 is 0 Å². The van der Waals surface area contributed by atoms with Gasteiger partial charge in [-0.05, 0) is 29.8 Å². The first-order valence-corrected chi connectivity index (χ1v) is 9.40. The van der Waals surface area contributed by atoms with Crippen LogP contribution in [0.5, 0.6) is 17.2 Å². The lowest BCUT2D eigenvalue weighted by Gasteiger charge is -2.24. The fourth-order valence-electron chi connectivity index (χ4n) is 3.57. The van der Waals surface area contributed by atoms with Crippen LogP contribution in [0, 0.1) is 12.3 Å². The van der Waals surface area contributed by atoms with E-state index in [1.807, 2.05) is 47.0 Å². The summed E-state index contributed by atoms with van der Waals surface area (Å²) in [6.07, 6.45) is 7.23. The molecule has 1 aromatic heterocycles. The summed E-state index contributed by atoms with van der Waals surface area (Å²) in [5, 5.41) is 2.95. The van der Waals surface area contributed by atoms with E-state index in [1.165, 1.54) is 0 Å². The standard InChI is InChI=1S/C23H21N3O4/c1-4-11-30-16-7-5-15(6-8-16)18-13-21(27)25-23-22(18)24-14-26(23)19-12-17(28-2)9-10-20(19)29-3/h1,5-10,12,14,18H,11,13H2,2-3H3,(H,25,27)/t18-/m1/s1. The zero-order valence-corrected chi connectivity index (χ0v) is 16.7. The molecule has 0 unspecified atom stereocenters. The van der Waals surface area contributed by atoms with Crippen LogP contribution in [0.15, 0.2) is 48.8 Å². The number of nitrogens with zero attached hydrogens (tertiary/aromatic N) is 2. The van der Waals surface area contributed by atoms with Gasteiger partial charge in [0.2, 0.25) is 5.91 Å². The molecule has 152 valence electrons. The largest absolute Gasteiger partial charge is 0.497 e. The van der Waals surface area contributed by atoms with Crippen molar-refractivity contribution in [2.45, 2.75) is 12.3 Å². The van der Waals surface area contributed by atoms with Crippen molar-refractivity contribution in [3.05, 3.63) is 60.0 Å². The molecule has 2 aromatic carbocycles. The van der Waals surface area contributed by atoms with E-state index in [4.69, 9.17) is 20.6 Å². The number of rotatable bonds is 6. The van der Waals surface area contributed by atoms with Gasteiger partial charge < -0.3 is 19.5 Å². The minimum atomic E-state index is -0.173. The number of carbonyl (C=O) groups is 1. The van der Waals surface area contributed by atoms with E-state index in [2.05, 4.69) is 16.2 Å². The van der Waals surface area contributed by atoms with Crippen LogP contribution in [-0.4, -0.2) is 36.3 Å². The zero-order valence-electron chi connectivity index (χ0n) is 16.7. The molecule has 3 aromatic rings. The Morgan fingerprint density at radius 2 is 1.93 bits per heavy atom. The maximum absolute atomic E-state index is 12.5. The number of fused-ring (bicyclic) bond motifs is 1. The second kappa shape index (κ2) is 8.21. The van der Waals surface area contributed by atoms with E-state index in [9.17, 15) is 4.79 Å². The summed E-state index contributed by atoms with van der Waals surface area (Å²) in [5.41, 5.74) is 2.49. The molecule has 1 atom stereocenters. The van der Waals surface area contributed by atoms with E-state index < -0.39 is 0 Å². The van der Waals surface area contributed by atoms with Gasteiger partial charge in [-0.2, -0.15) is 0 Å². The third kappa shape index (κ3) is 3.55. The van der Waals surface area contributed by atoms with Crippen molar-refractivity contribution in [1.82, 2.24) is 9.55 Å². The molecule has 1 amide bonds. The number of hydrogen-bond donors (Lipinski definition) is 1. The van der Waals surface area contributed by atoms with Crippen molar-refractivity contribution in [3.8, 4) is 35.3 Å². The van der Waals surface area contributed by atoms with Crippen LogP contribution in [0.2, 0.25) is 0 Å². The Labute approximate surface area is 174 Å². The summed E-state index contributed by atoms with van der Waals surface area (Å²) < 4.78 is 18.1. The summed E-state index contributed by atoms with van der Waals surface area (Å²) >= 11 is 0. The van der Waals surface area contributed by atoms with Gasteiger partial charge in [0.1, 0.15) is 36.0 Å². The number of carbonyl (C=O) groups excluding carboxylic acids is 1. The van der Waals surface area contributed by atoms with Crippen molar-refractivity contribution in [3.63, 3.8) is 0 Å². The Kier molecular flexibility index (Phi) is 5.31. The number of methoxy groups -OCH3 is 2. The van der Waals surface area contributed by atoms with Crippen molar-refractivity contribution in [2.24, 2.45) is 0 Å². The SMILES string of the molecule is C#CCOc1ccc([C@H]2CC(=O)Nc3c2ncn3-c2cc(OC)ccc2OC)cc1. The van der Waals surface area contributed by atoms with Crippen LogP contribution in [0.25, 0.3) is 5.69 Å². The van der Waals surface area contributed by atoms with Crippen LogP contribution in [0.3, 0.4) is 0 Å². The van der Waals surface area contributed by atoms with Gasteiger partial charge in [-0.1, -0.05) is 18.1 Å². The molecular weight excluding hydrogens is 382 g/mol. The van der Waals surface area contributed by atoms with E-state index in [1.54, 1.807) is 20.5 Å². The van der Waals surface area contributed by atoms with Gasteiger partial charge in [0.25, 0.3) is 0 Å². The van der Waals surface area contributed by atoms with Gasteiger partial charge in [0.15, 0.2) is 0 Å². The minimum Gasteiger partial charge on any atom is -0.497 e. The Hall–Kier alpha value is -3.92. The molecule has 7 heteroatoms. The van der Waals surface area contributed by atoms with Gasteiger partial charge in [-0.15, -0.1) is 6.42 Å². The van der Waals surface area contributed by atoms with E-state index in [0.29, 0.717) is 29.5 Å². The fourth-order valence-corrected chi connectivity index (χ4v) is 3.57. The number of hydrogen-bond acceptors (Lipinski definition) is 5. The highest BCUT2D eigenvalue weighted by molar-refractivity contribution is 5.94. The second-order valence-corrected chi connectivity index (χ2v) is 6.75. The molecule has 0 fully saturated rings. The van der Waals surface area contributed by atoms with E-state index in [-0.39, 0.29) is 18.4 Å². The highest BCUT2D eigenvalue weighted by atomic mass is 16.5. The van der Waals surface area contributed by atoms with Crippen molar-refractivity contribution < 1.29 is 19.0 Å². The Morgan fingerprint density at radius 3 is 2.63 bits per heavy atom. The third-order valence-corrected chi connectivity index (χ3v) is 5.02. The van der Waals surface area contributed by atoms with E-state index in [0.717, 1.165) is 16.9 Å². The van der Waals surface area contributed by atoms with Gasteiger partial charge in [0.05, 0.1) is 25.6 Å². The zero-order chi connectivity index (χ0) is 21.1. The number of benzene rings is 2. The molecule has 1 aliphatic heterocycles. The van der Waals surface area contributed by atoms with Crippen molar-refractivity contribution in [2.75, 3.05) is 26.1 Å². The highest BCUT2D eigenvalue weighted by Gasteiger charge is 2.31. The Morgan fingerprint density at radius 1 is 1.17 bits per heavy atom. The van der Waals surface area contributed by atoms with Crippen molar-refractivity contribution in [1.29, 1.82) is 0 Å². The minimum absolute atomic E-state index is 0.0798. The molecule has 0 radical (unpaired) electrons. The number of nitrogens with one attached hydrogen (secondary N) is 1. The number of ether oxygens (including phenoxy) is 3. The lowest BCUT2D eigenvalue weighted by atomic mass is 9.90. The van der Waals surface area contributed by atoms with Crippen LogP contribution in [-0.2, 0) is 4.79 Å². The third-order valence-electron chi connectivity index (χ3n) is 5.02. The number of imidazole rings is 1. The summed E-state index contributed by atoms with van der Waals surface area (Å²) in [6.45, 7) is 0.210. The van der Waals surface area contributed by atoms with Crippen LogP contribution in [0.4, 0.5) is 5.82 Å². The molecule has 1 N–H and O–H groups in total. The normalized spacial score (nSPS) is 15.0. The predicted octanol–water partition coefficient (Wildman–Crippen LogP) is 3.38. The Bertz CT molecular complexity index is 1110. The van der Waals surface area contributed by atoms with Gasteiger partial charge >= 0.3 is 0 Å². The summed E-state index contributed by atoms with van der Waals surface area (Å²) in [6, 6.07) is 13.0.